The molecule has 0 amide bonds. The molecule has 2 aromatic rings. The summed E-state index contributed by atoms with van der Waals surface area (Å²) in [7, 11) is -1.53. The summed E-state index contributed by atoms with van der Waals surface area (Å²) in [5.41, 5.74) is 2.42. The van der Waals surface area contributed by atoms with Gasteiger partial charge in [0.05, 0.1) is 16.6 Å². The molecule has 2 nitrogen and oxygen atoms in total. The third-order valence-electron chi connectivity index (χ3n) is 3.01. The van der Waals surface area contributed by atoms with Crippen molar-refractivity contribution >= 4 is 16.6 Å². The molecule has 2 rings (SSSR count). The van der Waals surface area contributed by atoms with E-state index in [1.165, 1.54) is 18.2 Å². The largest absolute Gasteiger partial charge is 0.293 e. The van der Waals surface area contributed by atoms with Gasteiger partial charge in [0, 0.05) is 10.5 Å². The molecule has 0 aliphatic carbocycles. The van der Waals surface area contributed by atoms with E-state index in [1.54, 1.807) is 12.1 Å². The summed E-state index contributed by atoms with van der Waals surface area (Å²) in [6.45, 7) is 3.75. The first-order chi connectivity index (χ1) is 9.47. The van der Waals surface area contributed by atoms with Crippen LogP contribution in [0, 0.1) is 19.7 Å². The fraction of sp³-hybridized carbons (Fsp3) is 0.188. The second-order valence-corrected chi connectivity index (χ2v) is 6.14. The van der Waals surface area contributed by atoms with Crippen LogP contribution in [0.3, 0.4) is 0 Å². The SMILES string of the molecule is Cc1ccc(C)c(C(=O)CS(=O)c2cccc(F)c2)c1. The number of hydrogen-bond donors (Lipinski definition) is 0. The maximum atomic E-state index is 13.1. The van der Waals surface area contributed by atoms with Crippen molar-refractivity contribution in [2.75, 3.05) is 5.75 Å². The maximum Gasteiger partial charge on any atom is 0.175 e. The molecule has 1 atom stereocenters. The van der Waals surface area contributed by atoms with E-state index in [2.05, 4.69) is 0 Å². The Labute approximate surface area is 120 Å². The van der Waals surface area contributed by atoms with Gasteiger partial charge >= 0.3 is 0 Å². The van der Waals surface area contributed by atoms with Gasteiger partial charge in [-0.2, -0.15) is 0 Å². The molecule has 104 valence electrons. The lowest BCUT2D eigenvalue weighted by Gasteiger charge is -2.06. The Morgan fingerprint density at radius 2 is 1.90 bits per heavy atom. The summed E-state index contributed by atoms with van der Waals surface area (Å²) < 4.78 is 25.2. The Bertz CT molecular complexity index is 680. The van der Waals surface area contributed by atoms with Gasteiger partial charge in [-0.25, -0.2) is 4.39 Å². The first kappa shape index (κ1) is 14.6. The first-order valence-corrected chi connectivity index (χ1v) is 7.53. The molecule has 0 aromatic heterocycles. The molecule has 0 heterocycles. The zero-order chi connectivity index (χ0) is 14.7. The van der Waals surface area contributed by atoms with E-state index in [0.29, 0.717) is 10.5 Å². The van der Waals surface area contributed by atoms with Gasteiger partial charge in [0.15, 0.2) is 5.78 Å². The van der Waals surface area contributed by atoms with E-state index in [1.807, 2.05) is 26.0 Å². The lowest BCUT2D eigenvalue weighted by atomic mass is 10.0. The van der Waals surface area contributed by atoms with Crippen LogP contribution in [0.15, 0.2) is 47.4 Å². The van der Waals surface area contributed by atoms with Crippen LogP contribution in [0.5, 0.6) is 0 Å². The van der Waals surface area contributed by atoms with Gasteiger partial charge in [-0.15, -0.1) is 0 Å². The Morgan fingerprint density at radius 3 is 2.60 bits per heavy atom. The number of ketones is 1. The standard InChI is InChI=1S/C16H15FO2S/c1-11-6-7-12(2)15(8-11)16(18)10-20(19)14-5-3-4-13(17)9-14/h3-9H,10H2,1-2H3. The average molecular weight is 290 g/mol. The minimum atomic E-state index is -1.53. The highest BCUT2D eigenvalue weighted by atomic mass is 32.2. The van der Waals surface area contributed by atoms with E-state index in [9.17, 15) is 13.4 Å². The highest BCUT2D eigenvalue weighted by molar-refractivity contribution is 7.85. The molecular formula is C16H15FO2S. The maximum absolute atomic E-state index is 13.1. The summed E-state index contributed by atoms with van der Waals surface area (Å²) in [6.07, 6.45) is 0. The molecule has 0 aliphatic heterocycles. The van der Waals surface area contributed by atoms with Gasteiger partial charge in [-0.05, 0) is 43.7 Å². The van der Waals surface area contributed by atoms with Crippen LogP contribution in [0.2, 0.25) is 0 Å². The molecule has 0 bridgehead atoms. The molecule has 1 unspecified atom stereocenters. The zero-order valence-corrected chi connectivity index (χ0v) is 12.2. The number of rotatable bonds is 4. The second-order valence-electron chi connectivity index (χ2n) is 4.69. The van der Waals surface area contributed by atoms with Crippen LogP contribution in [-0.2, 0) is 10.8 Å². The number of aryl methyl sites for hydroxylation is 2. The average Bonchev–Trinajstić information content (AvgIpc) is 2.41. The monoisotopic (exact) mass is 290 g/mol. The van der Waals surface area contributed by atoms with Crippen LogP contribution < -0.4 is 0 Å². The molecule has 0 saturated heterocycles. The third-order valence-corrected chi connectivity index (χ3v) is 4.32. The number of halogens is 1. The van der Waals surface area contributed by atoms with E-state index in [0.717, 1.165) is 11.1 Å². The van der Waals surface area contributed by atoms with Crippen LogP contribution in [-0.4, -0.2) is 15.7 Å². The zero-order valence-electron chi connectivity index (χ0n) is 11.4. The van der Waals surface area contributed by atoms with Crippen molar-refractivity contribution in [3.8, 4) is 0 Å². The van der Waals surface area contributed by atoms with Gasteiger partial charge in [0.2, 0.25) is 0 Å². The van der Waals surface area contributed by atoms with Gasteiger partial charge < -0.3 is 0 Å². The van der Waals surface area contributed by atoms with Crippen LogP contribution in [0.1, 0.15) is 21.5 Å². The predicted octanol–water partition coefficient (Wildman–Crippen LogP) is 3.43. The first-order valence-electron chi connectivity index (χ1n) is 6.22. The minimum Gasteiger partial charge on any atom is -0.293 e. The number of hydrogen-bond acceptors (Lipinski definition) is 2. The smallest absolute Gasteiger partial charge is 0.175 e. The molecule has 20 heavy (non-hydrogen) atoms. The fourth-order valence-corrected chi connectivity index (χ4v) is 2.96. The summed E-state index contributed by atoms with van der Waals surface area (Å²) in [5.74, 6) is -0.767. The molecular weight excluding hydrogens is 275 g/mol. The van der Waals surface area contributed by atoms with E-state index in [4.69, 9.17) is 0 Å². The quantitative estimate of drug-likeness (QED) is 0.808. The summed E-state index contributed by atoms with van der Waals surface area (Å²) in [5, 5.41) is 0. The number of carbonyl (C=O) groups is 1. The number of carbonyl (C=O) groups excluding carboxylic acids is 1. The van der Waals surface area contributed by atoms with Crippen molar-refractivity contribution in [1.29, 1.82) is 0 Å². The van der Waals surface area contributed by atoms with Crippen LogP contribution >= 0.6 is 0 Å². The van der Waals surface area contributed by atoms with Crippen LogP contribution in [0.25, 0.3) is 0 Å². The van der Waals surface area contributed by atoms with Crippen molar-refractivity contribution < 1.29 is 13.4 Å². The highest BCUT2D eigenvalue weighted by Crippen LogP contribution is 2.14. The lowest BCUT2D eigenvalue weighted by Crippen LogP contribution is -2.12. The van der Waals surface area contributed by atoms with E-state index >= 15 is 0 Å². The van der Waals surface area contributed by atoms with Gasteiger partial charge in [0.25, 0.3) is 0 Å². The molecule has 4 heteroatoms. The highest BCUT2D eigenvalue weighted by Gasteiger charge is 2.14. The van der Waals surface area contributed by atoms with E-state index in [-0.39, 0.29) is 11.5 Å². The fourth-order valence-electron chi connectivity index (χ4n) is 1.93. The van der Waals surface area contributed by atoms with Crippen molar-refractivity contribution in [2.24, 2.45) is 0 Å². The van der Waals surface area contributed by atoms with Crippen molar-refractivity contribution in [2.45, 2.75) is 18.7 Å². The summed E-state index contributed by atoms with van der Waals surface area (Å²) in [6, 6.07) is 11.1. The Hall–Kier alpha value is -1.81. The van der Waals surface area contributed by atoms with Gasteiger partial charge in [-0.1, -0.05) is 23.8 Å². The Balaban J connectivity index is 2.19. The molecule has 2 aromatic carbocycles. The van der Waals surface area contributed by atoms with Crippen molar-refractivity contribution in [1.82, 2.24) is 0 Å². The normalized spacial score (nSPS) is 12.2. The summed E-state index contributed by atoms with van der Waals surface area (Å²) in [4.78, 5) is 12.5. The molecule has 0 aliphatic rings. The predicted molar refractivity (Wildman–Crippen MR) is 77.9 cm³/mol. The summed E-state index contributed by atoms with van der Waals surface area (Å²) >= 11 is 0. The van der Waals surface area contributed by atoms with E-state index < -0.39 is 16.6 Å². The van der Waals surface area contributed by atoms with Gasteiger partial charge in [-0.3, -0.25) is 9.00 Å². The Kier molecular flexibility index (Phi) is 4.45. The number of Topliss-reactive ketones (excluding diaryl/α,β-unsaturated/α-hetero) is 1. The number of benzene rings is 2. The molecule has 0 radical (unpaired) electrons. The molecule has 0 spiro atoms. The minimum absolute atomic E-state index is 0.131. The molecule has 0 saturated carbocycles. The Morgan fingerprint density at radius 1 is 1.15 bits per heavy atom. The lowest BCUT2D eigenvalue weighted by molar-refractivity contribution is 0.102. The molecule has 0 N–H and O–H groups in total. The van der Waals surface area contributed by atoms with Crippen molar-refractivity contribution in [3.63, 3.8) is 0 Å². The van der Waals surface area contributed by atoms with Crippen LogP contribution in [0.4, 0.5) is 4.39 Å². The second kappa shape index (κ2) is 6.09. The van der Waals surface area contributed by atoms with Gasteiger partial charge in [0.1, 0.15) is 5.82 Å². The molecule has 0 fully saturated rings. The topological polar surface area (TPSA) is 34.1 Å². The third kappa shape index (κ3) is 3.39. The van der Waals surface area contributed by atoms with Crippen molar-refractivity contribution in [3.05, 3.63) is 65.0 Å².